The van der Waals surface area contributed by atoms with Gasteiger partial charge in [0.2, 0.25) is 23.6 Å². The number of aliphatic carboxylic acids is 1. The summed E-state index contributed by atoms with van der Waals surface area (Å²) in [6.07, 6.45) is -0.689. The molecule has 0 aliphatic heterocycles. The van der Waals surface area contributed by atoms with Gasteiger partial charge in [-0.25, -0.2) is 4.79 Å². The fourth-order valence-electron chi connectivity index (χ4n) is 2.72. The molecule has 13 nitrogen and oxygen atoms in total. The van der Waals surface area contributed by atoms with Gasteiger partial charge in [0.25, 0.3) is 0 Å². The van der Waals surface area contributed by atoms with E-state index in [4.69, 9.17) is 11.5 Å². The molecule has 1 rings (SSSR count). The number of carbonyl (C=O) groups excluding carboxylic acids is 4. The van der Waals surface area contributed by atoms with Gasteiger partial charge in [-0.1, -0.05) is 12.1 Å². The molecule has 4 atom stereocenters. The second kappa shape index (κ2) is 14.0. The van der Waals surface area contributed by atoms with Gasteiger partial charge in [-0.05, 0) is 24.1 Å². The number of hydrogen-bond acceptors (Lipinski definition) is 9. The van der Waals surface area contributed by atoms with Crippen LogP contribution in [0.15, 0.2) is 24.3 Å². The zero-order chi connectivity index (χ0) is 25.8. The van der Waals surface area contributed by atoms with Crippen LogP contribution in [0.1, 0.15) is 18.4 Å². The fourth-order valence-corrected chi connectivity index (χ4v) is 2.89. The van der Waals surface area contributed by atoms with E-state index in [1.807, 2.05) is 0 Å². The summed E-state index contributed by atoms with van der Waals surface area (Å²) in [6, 6.07) is 0.407. The number of phenols is 1. The number of primary amides is 1. The molecule has 0 spiro atoms. The fraction of sp³-hybridized carbons (Fsp3) is 0.450. The van der Waals surface area contributed by atoms with Crippen LogP contribution < -0.4 is 27.4 Å². The maximum Gasteiger partial charge on any atom is 0.326 e. The number of carboxylic acids is 1. The number of nitrogens with one attached hydrogen (secondary N) is 3. The number of thiol groups is 1. The van der Waals surface area contributed by atoms with Gasteiger partial charge in [0.05, 0.1) is 12.6 Å². The number of carboxylic acid groups (broad SMARTS) is 1. The Bertz CT molecular complexity index is 882. The predicted octanol–water partition coefficient (Wildman–Crippen LogP) is -3.01. The van der Waals surface area contributed by atoms with E-state index in [0.717, 1.165) is 0 Å². The lowest BCUT2D eigenvalue weighted by atomic mass is 10.0. The van der Waals surface area contributed by atoms with E-state index >= 15 is 0 Å². The highest BCUT2D eigenvalue weighted by atomic mass is 32.1. The molecule has 4 unspecified atom stereocenters. The second-order valence-electron chi connectivity index (χ2n) is 7.37. The van der Waals surface area contributed by atoms with Crippen molar-refractivity contribution in [2.45, 2.75) is 43.4 Å². The summed E-state index contributed by atoms with van der Waals surface area (Å²) < 4.78 is 0. The molecule has 0 fully saturated rings. The van der Waals surface area contributed by atoms with Gasteiger partial charge in [0, 0.05) is 18.6 Å². The Labute approximate surface area is 200 Å². The number of hydrogen-bond donors (Lipinski definition) is 9. The van der Waals surface area contributed by atoms with Gasteiger partial charge in [0.15, 0.2) is 0 Å². The van der Waals surface area contributed by atoms with Crippen molar-refractivity contribution in [2.24, 2.45) is 11.5 Å². The summed E-state index contributed by atoms with van der Waals surface area (Å²) in [5.74, 6) is -4.78. The highest BCUT2D eigenvalue weighted by Crippen LogP contribution is 2.12. The highest BCUT2D eigenvalue weighted by Gasteiger charge is 2.30. The number of rotatable bonds is 14. The number of nitrogens with two attached hydrogens (primary N) is 2. The average Bonchev–Trinajstić information content (AvgIpc) is 2.79. The normalized spacial score (nSPS) is 14.2. The molecule has 0 heterocycles. The van der Waals surface area contributed by atoms with Crippen molar-refractivity contribution in [3.63, 3.8) is 0 Å². The van der Waals surface area contributed by atoms with Gasteiger partial charge in [-0.2, -0.15) is 12.6 Å². The molecule has 1 aromatic rings. The quantitative estimate of drug-likeness (QED) is 0.118. The van der Waals surface area contributed by atoms with Crippen LogP contribution >= 0.6 is 12.6 Å². The molecule has 0 aliphatic rings. The molecule has 34 heavy (non-hydrogen) atoms. The van der Waals surface area contributed by atoms with Crippen molar-refractivity contribution >= 4 is 42.2 Å². The summed E-state index contributed by atoms with van der Waals surface area (Å²) in [4.78, 5) is 60.0. The Morgan fingerprint density at radius 3 is 1.94 bits per heavy atom. The summed E-state index contributed by atoms with van der Waals surface area (Å²) in [6.45, 7) is -0.805. The third kappa shape index (κ3) is 9.64. The van der Waals surface area contributed by atoms with Crippen molar-refractivity contribution in [1.29, 1.82) is 0 Å². The van der Waals surface area contributed by atoms with E-state index in [0.29, 0.717) is 5.56 Å². The summed E-state index contributed by atoms with van der Waals surface area (Å²) in [5.41, 5.74) is 11.1. The number of benzene rings is 1. The molecular formula is C20H29N5O8S. The van der Waals surface area contributed by atoms with Crippen LogP contribution in [-0.2, 0) is 30.4 Å². The van der Waals surface area contributed by atoms with Crippen molar-refractivity contribution in [3.8, 4) is 5.75 Å². The second-order valence-corrected chi connectivity index (χ2v) is 7.73. The lowest BCUT2D eigenvalue weighted by Crippen LogP contribution is -2.58. The zero-order valence-electron chi connectivity index (χ0n) is 18.1. The van der Waals surface area contributed by atoms with E-state index < -0.39 is 60.4 Å². The zero-order valence-corrected chi connectivity index (χ0v) is 19.0. The highest BCUT2D eigenvalue weighted by molar-refractivity contribution is 7.80. The molecule has 10 N–H and O–H groups in total. The molecule has 0 saturated heterocycles. The largest absolute Gasteiger partial charge is 0.508 e. The molecule has 14 heteroatoms. The van der Waals surface area contributed by atoms with Crippen LogP contribution in [0.3, 0.4) is 0 Å². The number of aliphatic hydroxyl groups excluding tert-OH is 1. The first-order chi connectivity index (χ1) is 16.0. The van der Waals surface area contributed by atoms with E-state index in [1.54, 1.807) is 0 Å². The monoisotopic (exact) mass is 499 g/mol. The van der Waals surface area contributed by atoms with E-state index in [9.17, 15) is 39.3 Å². The third-order valence-corrected chi connectivity index (χ3v) is 5.05. The lowest BCUT2D eigenvalue weighted by Gasteiger charge is -2.24. The Balaban J connectivity index is 3.06. The van der Waals surface area contributed by atoms with Crippen LogP contribution in [-0.4, -0.2) is 81.4 Å². The SMILES string of the molecule is NC(=O)CCC(NC(=O)C(Cc1ccc(O)cc1)NC(=O)C(CO)NC(=O)C(N)CS)C(=O)O. The van der Waals surface area contributed by atoms with E-state index in [2.05, 4.69) is 28.6 Å². The van der Waals surface area contributed by atoms with Crippen molar-refractivity contribution in [2.75, 3.05) is 12.4 Å². The maximum atomic E-state index is 12.9. The van der Waals surface area contributed by atoms with Crippen molar-refractivity contribution in [1.82, 2.24) is 16.0 Å². The number of phenolic OH excluding ortho intramolecular Hbond substituents is 1. The van der Waals surface area contributed by atoms with Crippen molar-refractivity contribution < 1.29 is 39.3 Å². The standard InChI is InChI=1S/C20H29N5O8S/c21-12(9-34)17(29)25-15(8-26)19(31)24-14(7-10-1-3-11(27)4-2-10)18(30)23-13(20(32)33)5-6-16(22)28/h1-4,12-15,26-27,34H,5-9,21H2,(H2,22,28)(H,23,30)(H,24,31)(H,25,29)(H,32,33). The maximum absolute atomic E-state index is 12.9. The Morgan fingerprint density at radius 1 is 0.912 bits per heavy atom. The third-order valence-electron chi connectivity index (χ3n) is 4.65. The topological polar surface area (TPSA) is 234 Å². The first-order valence-electron chi connectivity index (χ1n) is 10.2. The van der Waals surface area contributed by atoms with Crippen LogP contribution in [0.4, 0.5) is 0 Å². The molecule has 0 bridgehead atoms. The number of aliphatic hydroxyl groups is 1. The summed E-state index contributed by atoms with van der Waals surface area (Å²) >= 11 is 3.88. The van der Waals surface area contributed by atoms with E-state index in [1.165, 1.54) is 24.3 Å². The molecule has 0 aromatic heterocycles. The molecule has 188 valence electrons. The minimum Gasteiger partial charge on any atom is -0.508 e. The molecular weight excluding hydrogens is 470 g/mol. The predicted molar refractivity (Wildman–Crippen MR) is 123 cm³/mol. The molecule has 0 aliphatic carbocycles. The summed E-state index contributed by atoms with van der Waals surface area (Å²) in [5, 5.41) is 35.2. The molecule has 1 aromatic carbocycles. The molecule has 4 amide bonds. The number of amides is 4. The van der Waals surface area contributed by atoms with Gasteiger partial charge in [-0.15, -0.1) is 0 Å². The average molecular weight is 500 g/mol. The van der Waals surface area contributed by atoms with E-state index in [-0.39, 0.29) is 30.8 Å². The molecule has 0 radical (unpaired) electrons. The first-order valence-corrected chi connectivity index (χ1v) is 10.8. The molecule has 0 saturated carbocycles. The van der Waals surface area contributed by atoms with Gasteiger partial charge < -0.3 is 42.7 Å². The van der Waals surface area contributed by atoms with Gasteiger partial charge in [-0.3, -0.25) is 19.2 Å². The smallest absolute Gasteiger partial charge is 0.326 e. The first kappa shape index (κ1) is 28.7. The van der Waals surface area contributed by atoms with Crippen LogP contribution in [0.2, 0.25) is 0 Å². The minimum atomic E-state index is -1.46. The minimum absolute atomic E-state index is 0.0145. The van der Waals surface area contributed by atoms with Gasteiger partial charge in [0.1, 0.15) is 23.9 Å². The Morgan fingerprint density at radius 2 is 1.44 bits per heavy atom. The van der Waals surface area contributed by atoms with Crippen LogP contribution in [0.5, 0.6) is 5.75 Å². The van der Waals surface area contributed by atoms with Crippen molar-refractivity contribution in [3.05, 3.63) is 29.8 Å². The van der Waals surface area contributed by atoms with Gasteiger partial charge >= 0.3 is 5.97 Å². The lowest BCUT2D eigenvalue weighted by molar-refractivity contribution is -0.142. The Kier molecular flexibility index (Phi) is 11.8. The number of aromatic hydroxyl groups is 1. The number of carbonyl (C=O) groups is 5. The van der Waals surface area contributed by atoms with Crippen LogP contribution in [0, 0.1) is 0 Å². The summed E-state index contributed by atoms with van der Waals surface area (Å²) in [7, 11) is 0. The van der Waals surface area contributed by atoms with Crippen LogP contribution in [0.25, 0.3) is 0 Å². The Hall–Kier alpha value is -3.36.